The molecule has 0 aliphatic heterocycles. The summed E-state index contributed by atoms with van der Waals surface area (Å²) in [5, 5.41) is 0. The van der Waals surface area contributed by atoms with Gasteiger partial charge in [-0.15, -0.1) is 0 Å². The lowest BCUT2D eigenvalue weighted by Gasteiger charge is -2.22. The fraction of sp³-hybridized carbons (Fsp3) is 0.304. The van der Waals surface area contributed by atoms with Gasteiger partial charge in [0.15, 0.2) is 11.6 Å². The molecule has 1 aliphatic carbocycles. The van der Waals surface area contributed by atoms with Gasteiger partial charge >= 0.3 is 5.97 Å². The number of benzene rings is 2. The number of methoxy groups -OCH3 is 2. The Kier molecular flexibility index (Phi) is 6.30. The van der Waals surface area contributed by atoms with Crippen LogP contribution in [0.2, 0.25) is 0 Å². The number of aryl methyl sites for hydroxylation is 1. The van der Waals surface area contributed by atoms with E-state index in [1.807, 2.05) is 0 Å². The Morgan fingerprint density at radius 3 is 2.23 bits per heavy atom. The number of hydrogen-bond donors (Lipinski definition) is 0. The van der Waals surface area contributed by atoms with Gasteiger partial charge in [-0.25, -0.2) is 0 Å². The molecule has 0 saturated carbocycles. The maximum absolute atomic E-state index is 13.2. The highest BCUT2D eigenvalue weighted by Gasteiger charge is 2.35. The molecule has 0 bridgehead atoms. The summed E-state index contributed by atoms with van der Waals surface area (Å²) in [6.45, 7) is 1.89. The van der Waals surface area contributed by atoms with Crippen LogP contribution >= 0.6 is 0 Å². The minimum atomic E-state index is -0.560. The van der Waals surface area contributed by atoms with Crippen molar-refractivity contribution in [3.63, 3.8) is 0 Å². The third-order valence-corrected chi connectivity index (χ3v) is 4.91. The summed E-state index contributed by atoms with van der Waals surface area (Å²) < 4.78 is 15.4. The maximum Gasteiger partial charge on any atom is 0.313 e. The number of fused-ring (bicyclic) bond motifs is 2. The molecule has 7 heteroatoms. The molecular weight excluding hydrogens is 388 g/mol. The first-order chi connectivity index (χ1) is 14.4. The van der Waals surface area contributed by atoms with Gasteiger partial charge in [-0.1, -0.05) is 12.1 Å². The van der Waals surface area contributed by atoms with E-state index in [2.05, 4.69) is 0 Å². The largest absolute Gasteiger partial charge is 0.496 e. The van der Waals surface area contributed by atoms with Gasteiger partial charge < -0.3 is 14.2 Å². The van der Waals surface area contributed by atoms with Crippen LogP contribution in [0, 0.1) is 0 Å². The second-order valence-electron chi connectivity index (χ2n) is 6.78. The number of ketones is 3. The van der Waals surface area contributed by atoms with Gasteiger partial charge in [-0.2, -0.15) is 0 Å². The fourth-order valence-electron chi connectivity index (χ4n) is 3.53. The van der Waals surface area contributed by atoms with E-state index in [1.165, 1.54) is 14.2 Å². The molecule has 0 amide bonds. The molecule has 0 radical (unpaired) electrons. The fourth-order valence-corrected chi connectivity index (χ4v) is 3.53. The second-order valence-corrected chi connectivity index (χ2v) is 6.78. The van der Waals surface area contributed by atoms with Crippen LogP contribution in [0.3, 0.4) is 0 Å². The molecule has 0 fully saturated rings. The number of Topliss-reactive ketones (excluding diaryl/α,β-unsaturated/α-hetero) is 1. The summed E-state index contributed by atoms with van der Waals surface area (Å²) in [4.78, 5) is 49.8. The minimum absolute atomic E-state index is 0.100. The summed E-state index contributed by atoms with van der Waals surface area (Å²) in [6.07, 6.45) is 0.100. The van der Waals surface area contributed by atoms with E-state index >= 15 is 0 Å². The van der Waals surface area contributed by atoms with Gasteiger partial charge in [0.2, 0.25) is 0 Å². The average Bonchev–Trinajstić information content (AvgIpc) is 2.74. The van der Waals surface area contributed by atoms with Crippen molar-refractivity contribution >= 4 is 23.3 Å². The van der Waals surface area contributed by atoms with Crippen LogP contribution in [-0.2, 0) is 20.7 Å². The Morgan fingerprint density at radius 1 is 0.900 bits per heavy atom. The quantitative estimate of drug-likeness (QED) is 0.416. The zero-order valence-electron chi connectivity index (χ0n) is 17.1. The number of esters is 1. The van der Waals surface area contributed by atoms with Crippen LogP contribution in [0.25, 0.3) is 0 Å². The number of carbonyl (C=O) groups is 4. The lowest BCUT2D eigenvalue weighted by atomic mass is 9.82. The molecule has 7 nitrogen and oxygen atoms in total. The second kappa shape index (κ2) is 8.90. The number of hydrogen-bond acceptors (Lipinski definition) is 7. The SMILES string of the molecule is CCOC(=O)CC(=O)CCc1cc(OC)c2c(c1)C(=O)c1c(OC)cccc1C2=O. The van der Waals surface area contributed by atoms with Gasteiger partial charge in [0.1, 0.15) is 23.7 Å². The first kappa shape index (κ1) is 21.2. The molecule has 0 heterocycles. The molecule has 0 saturated heterocycles. The predicted molar refractivity (Wildman–Crippen MR) is 107 cm³/mol. The van der Waals surface area contributed by atoms with E-state index in [-0.39, 0.29) is 64.8 Å². The van der Waals surface area contributed by atoms with Crippen LogP contribution in [-0.4, -0.2) is 44.1 Å². The van der Waals surface area contributed by atoms with Gasteiger partial charge in [-0.3, -0.25) is 19.2 Å². The van der Waals surface area contributed by atoms with Crippen molar-refractivity contribution in [2.75, 3.05) is 20.8 Å². The van der Waals surface area contributed by atoms with Crippen molar-refractivity contribution in [2.45, 2.75) is 26.2 Å². The summed E-state index contributed by atoms with van der Waals surface area (Å²) in [7, 11) is 2.86. The highest BCUT2D eigenvalue weighted by atomic mass is 16.5. The Morgan fingerprint density at radius 2 is 1.57 bits per heavy atom. The molecule has 2 aromatic carbocycles. The maximum atomic E-state index is 13.2. The molecule has 0 atom stereocenters. The van der Waals surface area contributed by atoms with Crippen LogP contribution in [0.15, 0.2) is 30.3 Å². The lowest BCUT2D eigenvalue weighted by Crippen LogP contribution is -2.23. The third kappa shape index (κ3) is 3.96. The highest BCUT2D eigenvalue weighted by Crippen LogP contribution is 2.38. The number of carbonyl (C=O) groups excluding carboxylic acids is 4. The summed E-state index contributed by atoms with van der Waals surface area (Å²) in [6, 6.07) is 8.12. The summed E-state index contributed by atoms with van der Waals surface area (Å²) >= 11 is 0. The average molecular weight is 410 g/mol. The Bertz CT molecular complexity index is 1040. The van der Waals surface area contributed by atoms with E-state index in [1.54, 1.807) is 37.3 Å². The molecule has 0 spiro atoms. The Balaban J connectivity index is 1.93. The predicted octanol–water partition coefficient (Wildman–Crippen LogP) is 2.93. The molecule has 1 aliphatic rings. The standard InChI is InChI=1S/C23H22O7/c1-4-30-19(25)12-14(24)9-8-13-10-16-21(18(11-13)29-3)22(26)15-6-5-7-17(28-2)20(15)23(16)27/h5-7,10-11H,4,8-9,12H2,1-3H3. The van der Waals surface area contributed by atoms with E-state index in [0.29, 0.717) is 17.7 Å². The molecular formula is C23H22O7. The minimum Gasteiger partial charge on any atom is -0.496 e. The van der Waals surface area contributed by atoms with Gasteiger partial charge in [0.05, 0.1) is 32.0 Å². The Labute approximate surface area is 173 Å². The van der Waals surface area contributed by atoms with Crippen LogP contribution in [0.4, 0.5) is 0 Å². The zero-order chi connectivity index (χ0) is 21.8. The van der Waals surface area contributed by atoms with Crippen molar-refractivity contribution in [3.8, 4) is 11.5 Å². The molecule has 0 unspecified atom stereocenters. The third-order valence-electron chi connectivity index (χ3n) is 4.91. The molecule has 0 aromatic heterocycles. The van der Waals surface area contributed by atoms with Crippen molar-refractivity contribution in [1.82, 2.24) is 0 Å². The lowest BCUT2D eigenvalue weighted by molar-refractivity contribution is -0.145. The first-order valence-electron chi connectivity index (χ1n) is 9.55. The van der Waals surface area contributed by atoms with Crippen molar-refractivity contribution < 1.29 is 33.4 Å². The van der Waals surface area contributed by atoms with Crippen molar-refractivity contribution in [1.29, 1.82) is 0 Å². The van der Waals surface area contributed by atoms with E-state index in [9.17, 15) is 19.2 Å². The van der Waals surface area contributed by atoms with Crippen LogP contribution < -0.4 is 9.47 Å². The smallest absolute Gasteiger partial charge is 0.313 e. The number of ether oxygens (including phenoxy) is 3. The van der Waals surface area contributed by atoms with E-state index in [4.69, 9.17) is 14.2 Å². The van der Waals surface area contributed by atoms with Gasteiger partial charge in [0, 0.05) is 17.5 Å². The number of rotatable bonds is 8. The normalized spacial score (nSPS) is 12.1. The van der Waals surface area contributed by atoms with Crippen LogP contribution in [0.1, 0.15) is 57.2 Å². The molecule has 0 N–H and O–H groups in total. The zero-order valence-corrected chi connectivity index (χ0v) is 17.1. The summed E-state index contributed by atoms with van der Waals surface area (Å²) in [5.41, 5.74) is 1.55. The Hall–Kier alpha value is -3.48. The molecule has 3 rings (SSSR count). The molecule has 30 heavy (non-hydrogen) atoms. The first-order valence-corrected chi connectivity index (χ1v) is 9.55. The molecule has 156 valence electrons. The van der Waals surface area contributed by atoms with Crippen molar-refractivity contribution in [3.05, 3.63) is 58.1 Å². The van der Waals surface area contributed by atoms with Gasteiger partial charge in [-0.05, 0) is 37.1 Å². The molecule has 2 aromatic rings. The van der Waals surface area contributed by atoms with E-state index in [0.717, 1.165) is 0 Å². The van der Waals surface area contributed by atoms with Crippen molar-refractivity contribution in [2.24, 2.45) is 0 Å². The highest BCUT2D eigenvalue weighted by molar-refractivity contribution is 6.30. The summed E-state index contributed by atoms with van der Waals surface area (Å²) in [5.74, 6) is -0.887. The monoisotopic (exact) mass is 410 g/mol. The van der Waals surface area contributed by atoms with E-state index < -0.39 is 5.97 Å². The topological polar surface area (TPSA) is 96.0 Å². The van der Waals surface area contributed by atoms with Gasteiger partial charge in [0.25, 0.3) is 0 Å². The van der Waals surface area contributed by atoms with Crippen LogP contribution in [0.5, 0.6) is 11.5 Å².